The van der Waals surface area contributed by atoms with E-state index in [0.29, 0.717) is 11.5 Å². The summed E-state index contributed by atoms with van der Waals surface area (Å²) in [4.78, 5) is 0.309. The predicted octanol–water partition coefficient (Wildman–Crippen LogP) is 0.712. The number of hydrogen-bond donors (Lipinski definition) is 1. The molecule has 0 aromatic heterocycles. The molecule has 1 aromatic rings. The van der Waals surface area contributed by atoms with E-state index < -0.39 is 10.0 Å². The van der Waals surface area contributed by atoms with Crippen molar-refractivity contribution in [3.05, 3.63) is 35.4 Å². The van der Waals surface area contributed by atoms with Crippen LogP contribution >= 0.6 is 12.2 Å². The second-order valence-electron chi connectivity index (χ2n) is 3.58. The van der Waals surface area contributed by atoms with Gasteiger partial charge in [0.05, 0.1) is 6.26 Å². The number of sulfonamides is 1. The van der Waals surface area contributed by atoms with Crippen LogP contribution in [0.1, 0.15) is 11.1 Å². The summed E-state index contributed by atoms with van der Waals surface area (Å²) in [6, 6.07) is 7.24. The number of nitrogens with zero attached hydrogens (tertiary/aromatic N) is 1. The molecule has 6 heteroatoms. The van der Waals surface area contributed by atoms with Crippen molar-refractivity contribution in [2.24, 2.45) is 5.73 Å². The highest BCUT2D eigenvalue weighted by molar-refractivity contribution is 7.88. The maximum absolute atomic E-state index is 11.2. The summed E-state index contributed by atoms with van der Waals surface area (Å²) in [5.41, 5.74) is 7.10. The van der Waals surface area contributed by atoms with Crippen molar-refractivity contribution in [1.82, 2.24) is 4.31 Å². The largest absolute Gasteiger partial charge is 0.389 e. The Morgan fingerprint density at radius 1 is 1.50 bits per heavy atom. The van der Waals surface area contributed by atoms with Gasteiger partial charge in [-0.15, -0.1) is 0 Å². The third-order valence-electron chi connectivity index (χ3n) is 2.18. The van der Waals surface area contributed by atoms with Gasteiger partial charge in [0.2, 0.25) is 10.0 Å². The SMILES string of the molecule is CN(Cc1cccc(C(N)=S)c1)S(C)(=O)=O. The van der Waals surface area contributed by atoms with Crippen LogP contribution in [-0.4, -0.2) is 31.0 Å². The van der Waals surface area contributed by atoms with Gasteiger partial charge in [0.1, 0.15) is 4.99 Å². The molecule has 0 aliphatic carbocycles. The summed E-state index contributed by atoms with van der Waals surface area (Å²) in [6.45, 7) is 0.315. The molecule has 16 heavy (non-hydrogen) atoms. The van der Waals surface area contributed by atoms with Gasteiger partial charge >= 0.3 is 0 Å². The van der Waals surface area contributed by atoms with Gasteiger partial charge in [-0.3, -0.25) is 0 Å². The van der Waals surface area contributed by atoms with Crippen LogP contribution in [0.5, 0.6) is 0 Å². The molecule has 0 unspecified atom stereocenters. The average molecular weight is 258 g/mol. The van der Waals surface area contributed by atoms with Gasteiger partial charge < -0.3 is 5.73 Å². The van der Waals surface area contributed by atoms with E-state index in [0.717, 1.165) is 11.1 Å². The van der Waals surface area contributed by atoms with Crippen molar-refractivity contribution in [3.8, 4) is 0 Å². The zero-order valence-corrected chi connectivity index (χ0v) is 10.8. The first kappa shape index (κ1) is 13.1. The molecule has 0 saturated heterocycles. The van der Waals surface area contributed by atoms with Crippen LogP contribution in [0.25, 0.3) is 0 Å². The van der Waals surface area contributed by atoms with Crippen LogP contribution in [0.15, 0.2) is 24.3 Å². The van der Waals surface area contributed by atoms with Crippen molar-refractivity contribution >= 4 is 27.2 Å². The molecule has 0 aliphatic heterocycles. The van der Waals surface area contributed by atoms with Crippen LogP contribution in [-0.2, 0) is 16.6 Å². The molecule has 0 bridgehead atoms. The van der Waals surface area contributed by atoms with Gasteiger partial charge in [0.15, 0.2) is 0 Å². The van der Waals surface area contributed by atoms with Crippen molar-refractivity contribution < 1.29 is 8.42 Å². The summed E-state index contributed by atoms with van der Waals surface area (Å²) in [5.74, 6) is 0. The van der Waals surface area contributed by atoms with Crippen LogP contribution in [0.4, 0.5) is 0 Å². The number of benzene rings is 1. The molecule has 2 N–H and O–H groups in total. The molecular weight excluding hydrogens is 244 g/mol. The third-order valence-corrected chi connectivity index (χ3v) is 3.68. The van der Waals surface area contributed by atoms with E-state index >= 15 is 0 Å². The van der Waals surface area contributed by atoms with Crippen LogP contribution in [0.2, 0.25) is 0 Å². The van der Waals surface area contributed by atoms with Crippen molar-refractivity contribution in [1.29, 1.82) is 0 Å². The summed E-state index contributed by atoms with van der Waals surface area (Å²) < 4.78 is 23.7. The topological polar surface area (TPSA) is 63.4 Å². The van der Waals surface area contributed by atoms with E-state index in [2.05, 4.69) is 0 Å². The number of rotatable bonds is 4. The third kappa shape index (κ3) is 3.55. The Balaban J connectivity index is 2.90. The van der Waals surface area contributed by atoms with E-state index in [-0.39, 0.29) is 0 Å². The zero-order chi connectivity index (χ0) is 12.3. The normalized spacial score (nSPS) is 11.7. The Kier molecular flexibility index (Phi) is 4.01. The minimum absolute atomic E-state index is 0.309. The Bertz CT molecular complexity index is 497. The highest BCUT2D eigenvalue weighted by Gasteiger charge is 2.11. The Morgan fingerprint density at radius 3 is 2.62 bits per heavy atom. The molecular formula is C10H14N2O2S2. The molecule has 88 valence electrons. The maximum atomic E-state index is 11.2. The fourth-order valence-electron chi connectivity index (χ4n) is 1.20. The monoisotopic (exact) mass is 258 g/mol. The lowest BCUT2D eigenvalue weighted by atomic mass is 10.1. The molecule has 0 atom stereocenters. The van der Waals surface area contributed by atoms with Crippen molar-refractivity contribution in [2.75, 3.05) is 13.3 Å². The second-order valence-corrected chi connectivity index (χ2v) is 6.11. The summed E-state index contributed by atoms with van der Waals surface area (Å²) in [6.07, 6.45) is 1.17. The standard InChI is InChI=1S/C10H14N2O2S2/c1-12(16(2,13)14)7-8-4-3-5-9(6-8)10(11)15/h3-6H,7H2,1-2H3,(H2,11,15). The highest BCUT2D eigenvalue weighted by Crippen LogP contribution is 2.09. The minimum atomic E-state index is -3.16. The van der Waals surface area contributed by atoms with E-state index in [4.69, 9.17) is 18.0 Å². The van der Waals surface area contributed by atoms with Gasteiger partial charge in [-0.05, 0) is 11.6 Å². The first-order chi connectivity index (χ1) is 7.30. The summed E-state index contributed by atoms with van der Waals surface area (Å²) >= 11 is 4.85. The zero-order valence-electron chi connectivity index (χ0n) is 9.17. The lowest BCUT2D eigenvalue weighted by Gasteiger charge is -2.14. The molecule has 0 heterocycles. The minimum Gasteiger partial charge on any atom is -0.389 e. The number of hydrogen-bond acceptors (Lipinski definition) is 3. The van der Waals surface area contributed by atoms with Gasteiger partial charge in [-0.2, -0.15) is 0 Å². The average Bonchev–Trinajstić information content (AvgIpc) is 2.16. The second kappa shape index (κ2) is 4.90. The van der Waals surface area contributed by atoms with Crippen LogP contribution in [0, 0.1) is 0 Å². The number of nitrogens with two attached hydrogens (primary N) is 1. The Labute approximate surface area is 101 Å². The summed E-state index contributed by atoms with van der Waals surface area (Å²) in [7, 11) is -1.63. The van der Waals surface area contributed by atoms with Gasteiger partial charge in [0, 0.05) is 19.2 Å². The van der Waals surface area contributed by atoms with Crippen LogP contribution < -0.4 is 5.73 Å². The van der Waals surface area contributed by atoms with E-state index in [1.54, 1.807) is 18.2 Å². The molecule has 0 radical (unpaired) electrons. The lowest BCUT2D eigenvalue weighted by Crippen LogP contribution is -2.25. The molecule has 4 nitrogen and oxygen atoms in total. The first-order valence-electron chi connectivity index (χ1n) is 4.61. The molecule has 0 saturated carbocycles. The fraction of sp³-hybridized carbons (Fsp3) is 0.300. The van der Waals surface area contributed by atoms with Gasteiger partial charge in [0.25, 0.3) is 0 Å². The smallest absolute Gasteiger partial charge is 0.211 e. The van der Waals surface area contributed by atoms with E-state index in [1.807, 2.05) is 6.07 Å². The van der Waals surface area contributed by atoms with Crippen molar-refractivity contribution in [2.45, 2.75) is 6.54 Å². The molecule has 0 aliphatic rings. The van der Waals surface area contributed by atoms with E-state index in [1.165, 1.54) is 17.6 Å². The first-order valence-corrected chi connectivity index (χ1v) is 6.86. The van der Waals surface area contributed by atoms with Crippen molar-refractivity contribution in [3.63, 3.8) is 0 Å². The lowest BCUT2D eigenvalue weighted by molar-refractivity contribution is 0.472. The predicted molar refractivity (Wildman–Crippen MR) is 68.6 cm³/mol. The molecule has 1 rings (SSSR count). The van der Waals surface area contributed by atoms with E-state index in [9.17, 15) is 8.42 Å². The Morgan fingerprint density at radius 2 is 2.12 bits per heavy atom. The van der Waals surface area contributed by atoms with Crippen LogP contribution in [0.3, 0.4) is 0 Å². The fourth-order valence-corrected chi connectivity index (χ4v) is 1.71. The Hall–Kier alpha value is -0.980. The number of thiocarbonyl (C=S) groups is 1. The quantitative estimate of drug-likeness (QED) is 0.808. The molecule has 0 spiro atoms. The summed E-state index contributed by atoms with van der Waals surface area (Å²) in [5, 5.41) is 0. The highest BCUT2D eigenvalue weighted by atomic mass is 32.2. The van der Waals surface area contributed by atoms with Gasteiger partial charge in [-0.1, -0.05) is 30.4 Å². The molecule has 0 amide bonds. The van der Waals surface area contributed by atoms with Gasteiger partial charge in [-0.25, -0.2) is 12.7 Å². The maximum Gasteiger partial charge on any atom is 0.211 e. The molecule has 0 fully saturated rings. The molecule has 1 aromatic carbocycles.